The third kappa shape index (κ3) is 2.98. The van der Waals surface area contributed by atoms with Gasteiger partial charge in [-0.25, -0.2) is 9.97 Å². The summed E-state index contributed by atoms with van der Waals surface area (Å²) in [6, 6.07) is 4.26. The van der Waals surface area contributed by atoms with Crippen LogP contribution in [0.15, 0.2) is 16.6 Å². The quantitative estimate of drug-likeness (QED) is 0.877. The monoisotopic (exact) mass is 339 g/mol. The average Bonchev–Trinajstić information content (AvgIpc) is 2.87. The number of anilines is 1. The van der Waals surface area contributed by atoms with Gasteiger partial charge in [-0.3, -0.25) is 0 Å². The Morgan fingerprint density at radius 3 is 2.58 bits per heavy atom. The van der Waals surface area contributed by atoms with Gasteiger partial charge in [-0.2, -0.15) is 0 Å². The Bertz CT molecular complexity index is 578. The number of rotatable bonds is 4. The number of aromatic nitrogens is 2. The van der Waals surface area contributed by atoms with Crippen LogP contribution in [0.25, 0.3) is 10.7 Å². The minimum Gasteiger partial charge on any atom is -0.372 e. The van der Waals surface area contributed by atoms with Crippen molar-refractivity contribution in [3.63, 3.8) is 0 Å². The maximum Gasteiger partial charge on any atom is 0.171 e. The Hall–Kier alpha value is -0.940. The van der Waals surface area contributed by atoms with E-state index in [0.29, 0.717) is 5.92 Å². The van der Waals surface area contributed by atoms with E-state index in [-0.39, 0.29) is 0 Å². The summed E-state index contributed by atoms with van der Waals surface area (Å²) in [7, 11) is 1.88. The molecular formula is C14H18BrN3S. The summed E-state index contributed by atoms with van der Waals surface area (Å²) >= 11 is 5.35. The average molecular weight is 340 g/mol. The molecule has 0 spiro atoms. The maximum atomic E-state index is 4.71. The molecule has 0 radical (unpaired) electrons. The SMILES string of the molecule is CCc1ccc(-c2nc(NC)c(Br)c(C(C)C)n2)s1. The molecule has 2 heterocycles. The van der Waals surface area contributed by atoms with Crippen molar-refractivity contribution >= 4 is 33.1 Å². The molecule has 19 heavy (non-hydrogen) atoms. The van der Waals surface area contributed by atoms with Crippen molar-refractivity contribution < 1.29 is 0 Å². The summed E-state index contributed by atoms with van der Waals surface area (Å²) in [6.45, 7) is 6.45. The Labute approximate surface area is 126 Å². The Morgan fingerprint density at radius 2 is 2.05 bits per heavy atom. The van der Waals surface area contributed by atoms with Gasteiger partial charge in [0.2, 0.25) is 0 Å². The molecule has 0 saturated carbocycles. The molecule has 0 amide bonds. The largest absolute Gasteiger partial charge is 0.372 e. The number of aryl methyl sites for hydroxylation is 1. The molecule has 2 aromatic heterocycles. The van der Waals surface area contributed by atoms with Gasteiger partial charge in [-0.15, -0.1) is 11.3 Å². The molecule has 0 aliphatic heterocycles. The molecule has 0 atom stereocenters. The molecular weight excluding hydrogens is 322 g/mol. The lowest BCUT2D eigenvalue weighted by atomic mass is 10.1. The zero-order valence-corrected chi connectivity index (χ0v) is 14.0. The van der Waals surface area contributed by atoms with Gasteiger partial charge in [0.05, 0.1) is 15.0 Å². The van der Waals surface area contributed by atoms with E-state index in [1.54, 1.807) is 11.3 Å². The van der Waals surface area contributed by atoms with Crippen LogP contribution in [-0.2, 0) is 6.42 Å². The first-order valence-corrected chi connectivity index (χ1v) is 8.02. The van der Waals surface area contributed by atoms with Crippen LogP contribution in [0.2, 0.25) is 0 Å². The smallest absolute Gasteiger partial charge is 0.171 e. The number of halogens is 1. The third-order valence-corrected chi connectivity index (χ3v) is 4.90. The van der Waals surface area contributed by atoms with Gasteiger partial charge >= 0.3 is 0 Å². The van der Waals surface area contributed by atoms with Crippen molar-refractivity contribution in [3.05, 3.63) is 27.2 Å². The molecule has 5 heteroatoms. The standard InChI is InChI=1S/C14H18BrN3S/c1-5-9-6-7-10(19-9)13-17-12(8(2)3)11(15)14(16-4)18-13/h6-8H,5H2,1-4H3,(H,16,17,18). The molecule has 0 aliphatic carbocycles. The van der Waals surface area contributed by atoms with Crippen LogP contribution in [0, 0.1) is 0 Å². The van der Waals surface area contributed by atoms with Gasteiger partial charge in [0.25, 0.3) is 0 Å². The zero-order chi connectivity index (χ0) is 14.0. The van der Waals surface area contributed by atoms with E-state index in [4.69, 9.17) is 4.98 Å². The van der Waals surface area contributed by atoms with Crippen LogP contribution in [0.5, 0.6) is 0 Å². The maximum absolute atomic E-state index is 4.71. The highest BCUT2D eigenvalue weighted by molar-refractivity contribution is 9.10. The fourth-order valence-electron chi connectivity index (χ4n) is 1.81. The molecule has 0 unspecified atom stereocenters. The fourth-order valence-corrected chi connectivity index (χ4v) is 3.53. The Kier molecular flexibility index (Phi) is 4.58. The summed E-state index contributed by atoms with van der Waals surface area (Å²) < 4.78 is 0.959. The third-order valence-electron chi connectivity index (χ3n) is 2.89. The van der Waals surface area contributed by atoms with Crippen LogP contribution in [0.4, 0.5) is 5.82 Å². The lowest BCUT2D eigenvalue weighted by molar-refractivity contribution is 0.811. The normalized spacial score (nSPS) is 11.1. The topological polar surface area (TPSA) is 37.8 Å². The molecule has 0 aromatic carbocycles. The predicted molar refractivity (Wildman–Crippen MR) is 86.1 cm³/mol. The minimum atomic E-state index is 0.355. The van der Waals surface area contributed by atoms with Crippen LogP contribution in [-0.4, -0.2) is 17.0 Å². The number of nitrogens with zero attached hydrogens (tertiary/aromatic N) is 2. The van der Waals surface area contributed by atoms with E-state index >= 15 is 0 Å². The van der Waals surface area contributed by atoms with Gasteiger partial charge in [-0.05, 0) is 40.4 Å². The second-order valence-electron chi connectivity index (χ2n) is 4.62. The van der Waals surface area contributed by atoms with Gasteiger partial charge in [-0.1, -0.05) is 20.8 Å². The molecule has 1 N–H and O–H groups in total. The zero-order valence-electron chi connectivity index (χ0n) is 11.6. The highest BCUT2D eigenvalue weighted by atomic mass is 79.9. The van der Waals surface area contributed by atoms with Crippen LogP contribution < -0.4 is 5.32 Å². The van der Waals surface area contributed by atoms with Crippen LogP contribution >= 0.6 is 27.3 Å². The Morgan fingerprint density at radius 1 is 1.32 bits per heavy atom. The lowest BCUT2D eigenvalue weighted by Gasteiger charge is -2.12. The van der Waals surface area contributed by atoms with E-state index < -0.39 is 0 Å². The molecule has 0 aliphatic rings. The summed E-state index contributed by atoms with van der Waals surface area (Å²) in [6.07, 6.45) is 1.05. The second kappa shape index (κ2) is 6.01. The van der Waals surface area contributed by atoms with Gasteiger partial charge in [0.15, 0.2) is 5.82 Å². The number of thiophene rings is 1. The summed E-state index contributed by atoms with van der Waals surface area (Å²) in [5.74, 6) is 2.01. The van der Waals surface area contributed by atoms with Crippen LogP contribution in [0.3, 0.4) is 0 Å². The van der Waals surface area contributed by atoms with Crippen molar-refractivity contribution in [2.45, 2.75) is 33.1 Å². The van der Waals surface area contributed by atoms with Gasteiger partial charge in [0.1, 0.15) is 5.82 Å². The van der Waals surface area contributed by atoms with E-state index in [2.05, 4.69) is 59.1 Å². The molecule has 0 saturated heterocycles. The van der Waals surface area contributed by atoms with Gasteiger partial charge in [0, 0.05) is 11.9 Å². The number of hydrogen-bond donors (Lipinski definition) is 1. The van der Waals surface area contributed by atoms with Crippen molar-refractivity contribution in [2.24, 2.45) is 0 Å². The molecule has 3 nitrogen and oxygen atoms in total. The fraction of sp³-hybridized carbons (Fsp3) is 0.429. The van der Waals surface area contributed by atoms with E-state index in [0.717, 1.165) is 33.1 Å². The molecule has 102 valence electrons. The van der Waals surface area contributed by atoms with E-state index in [1.165, 1.54) is 4.88 Å². The van der Waals surface area contributed by atoms with E-state index in [1.807, 2.05) is 7.05 Å². The second-order valence-corrected chi connectivity index (χ2v) is 6.58. The predicted octanol–water partition coefficient (Wildman–Crippen LogP) is 4.70. The van der Waals surface area contributed by atoms with Crippen molar-refractivity contribution in [1.82, 2.24) is 9.97 Å². The summed E-state index contributed by atoms with van der Waals surface area (Å²) in [5.41, 5.74) is 1.04. The first kappa shape index (κ1) is 14.5. The highest BCUT2D eigenvalue weighted by Gasteiger charge is 2.16. The van der Waals surface area contributed by atoms with Crippen LogP contribution in [0.1, 0.15) is 37.3 Å². The Balaban J connectivity index is 2.54. The minimum absolute atomic E-state index is 0.355. The summed E-state index contributed by atoms with van der Waals surface area (Å²) in [4.78, 5) is 11.8. The van der Waals surface area contributed by atoms with Crippen molar-refractivity contribution in [3.8, 4) is 10.7 Å². The lowest BCUT2D eigenvalue weighted by Crippen LogP contribution is -2.04. The van der Waals surface area contributed by atoms with Crippen molar-refractivity contribution in [1.29, 1.82) is 0 Å². The van der Waals surface area contributed by atoms with E-state index in [9.17, 15) is 0 Å². The first-order chi connectivity index (χ1) is 9.06. The van der Waals surface area contributed by atoms with Gasteiger partial charge < -0.3 is 5.32 Å². The molecule has 0 fully saturated rings. The molecule has 2 rings (SSSR count). The highest BCUT2D eigenvalue weighted by Crippen LogP contribution is 2.33. The summed E-state index contributed by atoms with van der Waals surface area (Å²) in [5, 5.41) is 3.13. The van der Waals surface area contributed by atoms with Crippen molar-refractivity contribution in [2.75, 3.05) is 12.4 Å². The molecule has 0 bridgehead atoms. The molecule has 2 aromatic rings. The first-order valence-electron chi connectivity index (χ1n) is 6.41. The number of hydrogen-bond acceptors (Lipinski definition) is 4. The number of nitrogens with one attached hydrogen (secondary N) is 1.